The zero-order chi connectivity index (χ0) is 14.6. The van der Waals surface area contributed by atoms with E-state index in [2.05, 4.69) is 0 Å². The number of imide groups is 1. The molecular formula is C11H12N2O5S. The quantitative estimate of drug-likeness (QED) is 0.721. The number of nitrogens with one attached hydrogen (secondary N) is 1. The van der Waals surface area contributed by atoms with Crippen molar-refractivity contribution >= 4 is 28.7 Å². The lowest BCUT2D eigenvalue weighted by Gasteiger charge is -2.10. The maximum absolute atomic E-state index is 12.0. The van der Waals surface area contributed by atoms with Gasteiger partial charge >= 0.3 is 12.0 Å². The molecule has 1 aromatic carbocycles. The van der Waals surface area contributed by atoms with E-state index in [-0.39, 0.29) is 10.5 Å². The molecular weight excluding hydrogens is 272 g/mol. The summed E-state index contributed by atoms with van der Waals surface area (Å²) >= 11 is 0. The second-order valence-corrected chi connectivity index (χ2v) is 5.40. The van der Waals surface area contributed by atoms with Crippen LogP contribution in [0, 0.1) is 0 Å². The van der Waals surface area contributed by atoms with Crippen molar-refractivity contribution in [3.63, 3.8) is 0 Å². The van der Waals surface area contributed by atoms with E-state index in [0.717, 1.165) is 0 Å². The van der Waals surface area contributed by atoms with Crippen LogP contribution in [0.1, 0.15) is 17.3 Å². The number of amides is 3. The molecule has 0 aliphatic heterocycles. The van der Waals surface area contributed by atoms with Crippen LogP contribution >= 0.6 is 0 Å². The number of carboxylic acids is 1. The zero-order valence-electron chi connectivity index (χ0n) is 9.95. The fourth-order valence-corrected chi connectivity index (χ4v) is 2.32. The number of primary amides is 1. The van der Waals surface area contributed by atoms with Crippen LogP contribution in [0.15, 0.2) is 29.2 Å². The first kappa shape index (κ1) is 14.8. The van der Waals surface area contributed by atoms with Crippen LogP contribution in [-0.4, -0.2) is 32.5 Å². The molecule has 0 heterocycles. The molecule has 0 aliphatic rings. The van der Waals surface area contributed by atoms with Gasteiger partial charge in [-0.15, -0.1) is 0 Å². The summed E-state index contributed by atoms with van der Waals surface area (Å²) in [4.78, 5) is 32.9. The highest BCUT2D eigenvalue weighted by Crippen LogP contribution is 2.13. The zero-order valence-corrected chi connectivity index (χ0v) is 10.8. The monoisotopic (exact) mass is 284 g/mol. The van der Waals surface area contributed by atoms with Crippen LogP contribution in [0.5, 0.6) is 0 Å². The van der Waals surface area contributed by atoms with Crippen molar-refractivity contribution in [2.45, 2.75) is 17.1 Å². The molecule has 1 rings (SSSR count). The van der Waals surface area contributed by atoms with E-state index in [1.54, 1.807) is 0 Å². The molecule has 0 radical (unpaired) electrons. The topological polar surface area (TPSA) is 127 Å². The van der Waals surface area contributed by atoms with Crippen LogP contribution in [0.4, 0.5) is 4.79 Å². The Bertz CT molecular complexity index is 541. The van der Waals surface area contributed by atoms with E-state index >= 15 is 0 Å². The van der Waals surface area contributed by atoms with Crippen LogP contribution in [0.2, 0.25) is 0 Å². The molecule has 19 heavy (non-hydrogen) atoms. The number of aromatic carboxylic acids is 1. The summed E-state index contributed by atoms with van der Waals surface area (Å²) in [6, 6.07) is 4.26. The number of nitrogens with two attached hydrogens (primary N) is 1. The fourth-order valence-electron chi connectivity index (χ4n) is 1.26. The number of hydrogen-bond donors (Lipinski definition) is 3. The molecule has 0 bridgehead atoms. The van der Waals surface area contributed by atoms with Gasteiger partial charge in [-0.3, -0.25) is 14.3 Å². The molecule has 4 N–H and O–H groups in total. The van der Waals surface area contributed by atoms with Gasteiger partial charge in [0, 0.05) is 4.90 Å². The van der Waals surface area contributed by atoms with E-state index in [0.29, 0.717) is 0 Å². The molecule has 0 spiro atoms. The van der Waals surface area contributed by atoms with Gasteiger partial charge in [0.15, 0.2) is 0 Å². The average Bonchev–Trinajstić information content (AvgIpc) is 2.36. The van der Waals surface area contributed by atoms with Gasteiger partial charge < -0.3 is 10.8 Å². The number of carboxylic acid groups (broad SMARTS) is 1. The highest BCUT2D eigenvalue weighted by Gasteiger charge is 2.22. The molecule has 0 saturated carbocycles. The van der Waals surface area contributed by atoms with Gasteiger partial charge in [-0.05, 0) is 31.2 Å². The molecule has 0 aliphatic carbocycles. The minimum atomic E-state index is -1.71. The Labute approximate surface area is 111 Å². The summed E-state index contributed by atoms with van der Waals surface area (Å²) in [6.07, 6.45) is 0. The fraction of sp³-hybridized carbons (Fsp3) is 0.182. The number of hydrogen-bond acceptors (Lipinski definition) is 4. The Balaban J connectivity index is 2.85. The smallest absolute Gasteiger partial charge is 0.335 e. The SMILES string of the molecule is CC(C(=O)NC(N)=O)S(=O)c1ccc(C(=O)O)cc1. The molecule has 1 aromatic rings. The van der Waals surface area contributed by atoms with E-state index in [1.807, 2.05) is 5.32 Å². The van der Waals surface area contributed by atoms with Crippen molar-refractivity contribution in [2.24, 2.45) is 5.73 Å². The lowest BCUT2D eigenvalue weighted by molar-refractivity contribution is -0.119. The summed E-state index contributed by atoms with van der Waals surface area (Å²) in [5.74, 6) is -1.86. The Hall–Kier alpha value is -2.22. The highest BCUT2D eigenvalue weighted by molar-refractivity contribution is 7.86. The van der Waals surface area contributed by atoms with Crippen LogP contribution < -0.4 is 11.1 Å². The summed E-state index contributed by atoms with van der Waals surface area (Å²) in [5, 5.41) is 9.57. The molecule has 0 fully saturated rings. The maximum atomic E-state index is 12.0. The van der Waals surface area contributed by atoms with E-state index in [1.165, 1.54) is 31.2 Å². The number of benzene rings is 1. The van der Waals surface area contributed by atoms with Gasteiger partial charge in [0.05, 0.1) is 16.4 Å². The van der Waals surface area contributed by atoms with Crippen LogP contribution in [0.3, 0.4) is 0 Å². The van der Waals surface area contributed by atoms with Crippen molar-refractivity contribution < 1.29 is 23.7 Å². The van der Waals surface area contributed by atoms with Gasteiger partial charge in [-0.2, -0.15) is 0 Å². The normalized spacial score (nSPS) is 13.3. The minimum Gasteiger partial charge on any atom is -0.478 e. The summed E-state index contributed by atoms with van der Waals surface area (Å²) in [5.41, 5.74) is 4.84. The predicted molar refractivity (Wildman–Crippen MR) is 67.0 cm³/mol. The van der Waals surface area contributed by atoms with E-state index in [9.17, 15) is 18.6 Å². The molecule has 0 aromatic heterocycles. The second-order valence-electron chi connectivity index (χ2n) is 3.62. The van der Waals surface area contributed by atoms with E-state index < -0.39 is 34.0 Å². The first-order chi connectivity index (χ1) is 8.82. The van der Waals surface area contributed by atoms with Gasteiger partial charge in [-0.25, -0.2) is 9.59 Å². The Morgan fingerprint density at radius 3 is 2.21 bits per heavy atom. The number of rotatable bonds is 4. The third-order valence-corrected chi connectivity index (χ3v) is 3.86. The molecule has 102 valence electrons. The molecule has 7 nitrogen and oxygen atoms in total. The summed E-state index contributed by atoms with van der Waals surface area (Å²) in [7, 11) is -1.71. The third-order valence-electron chi connectivity index (χ3n) is 2.27. The Morgan fingerprint density at radius 1 is 1.26 bits per heavy atom. The number of carbonyl (C=O) groups excluding carboxylic acids is 2. The predicted octanol–water partition coefficient (Wildman–Crippen LogP) is 0.0758. The average molecular weight is 284 g/mol. The minimum absolute atomic E-state index is 0.0509. The highest BCUT2D eigenvalue weighted by atomic mass is 32.2. The maximum Gasteiger partial charge on any atom is 0.335 e. The van der Waals surface area contributed by atoms with Crippen LogP contribution in [-0.2, 0) is 15.6 Å². The van der Waals surface area contributed by atoms with Gasteiger partial charge in [0.1, 0.15) is 5.25 Å². The van der Waals surface area contributed by atoms with Crippen molar-refractivity contribution in [2.75, 3.05) is 0 Å². The van der Waals surface area contributed by atoms with Crippen molar-refractivity contribution in [1.82, 2.24) is 5.32 Å². The first-order valence-electron chi connectivity index (χ1n) is 5.17. The number of urea groups is 1. The van der Waals surface area contributed by atoms with Crippen molar-refractivity contribution in [3.8, 4) is 0 Å². The largest absolute Gasteiger partial charge is 0.478 e. The van der Waals surface area contributed by atoms with Crippen LogP contribution in [0.25, 0.3) is 0 Å². The number of carbonyl (C=O) groups is 3. The first-order valence-corrected chi connectivity index (χ1v) is 6.38. The van der Waals surface area contributed by atoms with Gasteiger partial charge in [0.25, 0.3) is 0 Å². The summed E-state index contributed by atoms with van der Waals surface area (Å²) in [6.45, 7) is 1.37. The summed E-state index contributed by atoms with van der Waals surface area (Å²) < 4.78 is 12.0. The Kier molecular flexibility index (Phi) is 4.76. The molecule has 0 saturated heterocycles. The second kappa shape index (κ2) is 6.10. The van der Waals surface area contributed by atoms with Gasteiger partial charge in [-0.1, -0.05) is 0 Å². The molecule has 2 unspecified atom stereocenters. The van der Waals surface area contributed by atoms with Gasteiger partial charge in [0.2, 0.25) is 5.91 Å². The third kappa shape index (κ3) is 3.88. The molecule has 3 amide bonds. The van der Waals surface area contributed by atoms with Crippen molar-refractivity contribution in [1.29, 1.82) is 0 Å². The molecule has 2 atom stereocenters. The lowest BCUT2D eigenvalue weighted by Crippen LogP contribution is -2.42. The van der Waals surface area contributed by atoms with Crippen molar-refractivity contribution in [3.05, 3.63) is 29.8 Å². The standard InChI is InChI=1S/C11H12N2O5S/c1-6(9(14)13-11(12)17)19(18)8-4-2-7(3-5-8)10(15)16/h2-6H,1H3,(H,15,16)(H3,12,13,14,17). The lowest BCUT2D eigenvalue weighted by atomic mass is 10.2. The van der Waals surface area contributed by atoms with E-state index in [4.69, 9.17) is 10.8 Å². The Morgan fingerprint density at radius 2 is 1.79 bits per heavy atom. The molecule has 8 heteroatoms.